The summed E-state index contributed by atoms with van der Waals surface area (Å²) in [6.07, 6.45) is -4.41. The summed E-state index contributed by atoms with van der Waals surface area (Å²) in [5, 5.41) is 2.19. The Morgan fingerprint density at radius 2 is 2.05 bits per heavy atom. The Hall–Kier alpha value is -1.76. The number of ether oxygens (including phenoxy) is 1. The monoisotopic (exact) mass is 290 g/mol. The summed E-state index contributed by atoms with van der Waals surface area (Å²) in [4.78, 5) is 11.9. The van der Waals surface area contributed by atoms with Gasteiger partial charge in [-0.25, -0.2) is 0 Å². The largest absolute Gasteiger partial charge is 0.497 e. The molecule has 4 nitrogen and oxygen atoms in total. The molecule has 0 radical (unpaired) electrons. The van der Waals surface area contributed by atoms with Crippen molar-refractivity contribution in [2.24, 2.45) is 5.73 Å². The highest BCUT2D eigenvalue weighted by Gasteiger charge is 2.58. The lowest BCUT2D eigenvalue weighted by molar-refractivity contribution is -0.194. The summed E-state index contributed by atoms with van der Waals surface area (Å²) < 4.78 is 44.7. The maximum atomic E-state index is 13.3. The van der Waals surface area contributed by atoms with E-state index in [0.29, 0.717) is 6.42 Å². The summed E-state index contributed by atoms with van der Waals surface area (Å²) in [6, 6.07) is 5.10. The van der Waals surface area contributed by atoms with Gasteiger partial charge in [0.05, 0.1) is 7.11 Å². The van der Waals surface area contributed by atoms with Crippen molar-refractivity contribution in [1.29, 1.82) is 0 Å². The van der Waals surface area contributed by atoms with Gasteiger partial charge < -0.3 is 15.8 Å². The summed E-state index contributed by atoms with van der Waals surface area (Å²) in [7, 11) is 1.32. The molecule has 112 valence electrons. The number of methoxy groups -OCH3 is 1. The molecule has 1 atom stereocenters. The molecule has 3 N–H and O–H groups in total. The summed E-state index contributed by atoms with van der Waals surface area (Å²) >= 11 is 0. The highest BCUT2D eigenvalue weighted by molar-refractivity contribution is 5.88. The average Bonchev–Trinajstić information content (AvgIpc) is 2.42. The molecular formula is C13H17F3N2O2. The number of carbonyl (C=O) groups excluding carboxylic acids is 1. The minimum atomic E-state index is -4.92. The molecule has 1 aromatic rings. The van der Waals surface area contributed by atoms with E-state index >= 15 is 0 Å². The molecule has 0 aromatic heterocycles. The Labute approximate surface area is 115 Å². The van der Waals surface area contributed by atoms with Gasteiger partial charge in [-0.1, -0.05) is 19.1 Å². The summed E-state index contributed by atoms with van der Waals surface area (Å²) in [5.74, 6) is -1.08. The first kappa shape index (κ1) is 16.3. The fourth-order valence-electron chi connectivity index (χ4n) is 1.67. The second-order valence-electron chi connectivity index (χ2n) is 4.29. The van der Waals surface area contributed by atoms with Crippen LogP contribution in [0.1, 0.15) is 18.9 Å². The smallest absolute Gasteiger partial charge is 0.419 e. The molecule has 0 unspecified atom stereocenters. The molecule has 0 bridgehead atoms. The maximum Gasteiger partial charge on any atom is 0.419 e. The predicted molar refractivity (Wildman–Crippen MR) is 68.2 cm³/mol. The molecular weight excluding hydrogens is 273 g/mol. The summed E-state index contributed by atoms with van der Waals surface area (Å²) in [5.41, 5.74) is 1.95. The molecule has 7 heteroatoms. The maximum absolute atomic E-state index is 13.3. The Balaban J connectivity index is 3.27. The van der Waals surface area contributed by atoms with Gasteiger partial charge in [-0.15, -0.1) is 0 Å². The number of amides is 1. The number of nitrogens with two attached hydrogens (primary N) is 1. The van der Waals surface area contributed by atoms with Crippen molar-refractivity contribution in [2.45, 2.75) is 25.1 Å². The minimum absolute atomic E-state index is 0.123. The number of nitrogens with one attached hydrogen (secondary N) is 1. The van der Waals surface area contributed by atoms with E-state index < -0.39 is 17.6 Å². The highest BCUT2D eigenvalue weighted by Crippen LogP contribution is 2.38. The first-order valence-electron chi connectivity index (χ1n) is 6.05. The number of benzene rings is 1. The minimum Gasteiger partial charge on any atom is -0.497 e. The zero-order chi connectivity index (χ0) is 15.4. The second kappa shape index (κ2) is 6.13. The van der Waals surface area contributed by atoms with Crippen molar-refractivity contribution in [2.75, 3.05) is 13.7 Å². The van der Waals surface area contributed by atoms with E-state index in [-0.39, 0.29) is 17.9 Å². The van der Waals surface area contributed by atoms with Crippen LogP contribution in [0, 0.1) is 0 Å². The van der Waals surface area contributed by atoms with Crippen molar-refractivity contribution < 1.29 is 22.7 Å². The van der Waals surface area contributed by atoms with Gasteiger partial charge >= 0.3 is 6.18 Å². The molecule has 1 amide bonds. The van der Waals surface area contributed by atoms with Crippen molar-refractivity contribution in [3.05, 3.63) is 29.8 Å². The van der Waals surface area contributed by atoms with E-state index in [0.717, 1.165) is 12.1 Å². The molecule has 0 fully saturated rings. The van der Waals surface area contributed by atoms with Crippen LogP contribution >= 0.6 is 0 Å². The fraction of sp³-hybridized carbons (Fsp3) is 0.462. The van der Waals surface area contributed by atoms with Gasteiger partial charge in [-0.3, -0.25) is 4.79 Å². The Bertz CT molecular complexity index is 477. The van der Waals surface area contributed by atoms with Crippen LogP contribution in [0.2, 0.25) is 0 Å². The zero-order valence-electron chi connectivity index (χ0n) is 11.3. The number of alkyl halides is 3. The van der Waals surface area contributed by atoms with E-state index in [1.807, 2.05) is 0 Å². The average molecular weight is 290 g/mol. The van der Waals surface area contributed by atoms with Crippen molar-refractivity contribution in [1.82, 2.24) is 5.32 Å². The van der Waals surface area contributed by atoms with Gasteiger partial charge in [0.15, 0.2) is 0 Å². The number of hydrogen-bond acceptors (Lipinski definition) is 3. The standard InChI is InChI=1S/C13H17F3N2O2/c1-3-7-18-11(19)12(17,13(14,15)16)9-5-4-6-10(8-9)20-2/h4-6,8H,3,7,17H2,1-2H3,(H,18,19)/t12-/m0/s1. The lowest BCUT2D eigenvalue weighted by atomic mass is 9.89. The van der Waals surface area contributed by atoms with Crippen LogP contribution in [-0.4, -0.2) is 25.7 Å². The van der Waals surface area contributed by atoms with E-state index in [4.69, 9.17) is 10.5 Å². The summed E-state index contributed by atoms with van der Waals surface area (Å²) in [6.45, 7) is 1.86. The number of halogens is 3. The molecule has 0 aliphatic heterocycles. The highest BCUT2D eigenvalue weighted by atomic mass is 19.4. The van der Waals surface area contributed by atoms with Gasteiger partial charge in [0.1, 0.15) is 5.75 Å². The van der Waals surface area contributed by atoms with Crippen LogP contribution in [0.25, 0.3) is 0 Å². The second-order valence-corrected chi connectivity index (χ2v) is 4.29. The molecule has 0 heterocycles. The predicted octanol–water partition coefficient (Wildman–Crippen LogP) is 1.94. The van der Waals surface area contributed by atoms with Crippen LogP contribution < -0.4 is 15.8 Å². The molecule has 0 saturated heterocycles. The SMILES string of the molecule is CCCNC(=O)[C@@](N)(c1cccc(OC)c1)C(F)(F)F. The number of rotatable bonds is 5. The fourth-order valence-corrected chi connectivity index (χ4v) is 1.67. The third-order valence-electron chi connectivity index (χ3n) is 2.87. The number of carbonyl (C=O) groups is 1. The third kappa shape index (κ3) is 3.04. The molecule has 0 aliphatic carbocycles. The zero-order valence-corrected chi connectivity index (χ0v) is 11.3. The van der Waals surface area contributed by atoms with Gasteiger partial charge in [0.25, 0.3) is 5.91 Å². The molecule has 1 aromatic carbocycles. The lowest BCUT2D eigenvalue weighted by Gasteiger charge is -2.31. The van der Waals surface area contributed by atoms with E-state index in [9.17, 15) is 18.0 Å². The van der Waals surface area contributed by atoms with Gasteiger partial charge in [0.2, 0.25) is 5.54 Å². The van der Waals surface area contributed by atoms with Crippen LogP contribution in [0.3, 0.4) is 0 Å². The molecule has 0 aliphatic rings. The van der Waals surface area contributed by atoms with Gasteiger partial charge in [0, 0.05) is 6.54 Å². The quantitative estimate of drug-likeness (QED) is 0.871. The van der Waals surface area contributed by atoms with Crippen LogP contribution in [-0.2, 0) is 10.3 Å². The molecule has 1 rings (SSSR count). The number of hydrogen-bond donors (Lipinski definition) is 2. The van der Waals surface area contributed by atoms with Crippen LogP contribution in [0.15, 0.2) is 24.3 Å². The van der Waals surface area contributed by atoms with Gasteiger partial charge in [-0.2, -0.15) is 13.2 Å². The van der Waals surface area contributed by atoms with Crippen molar-refractivity contribution in [3.63, 3.8) is 0 Å². The van der Waals surface area contributed by atoms with Gasteiger partial charge in [-0.05, 0) is 24.1 Å². The van der Waals surface area contributed by atoms with E-state index in [2.05, 4.69) is 5.32 Å². The molecule has 20 heavy (non-hydrogen) atoms. The first-order valence-corrected chi connectivity index (χ1v) is 6.05. The van der Waals surface area contributed by atoms with Crippen LogP contribution in [0.5, 0.6) is 5.75 Å². The Kier molecular flexibility index (Phi) is 4.99. The van der Waals surface area contributed by atoms with Crippen molar-refractivity contribution >= 4 is 5.91 Å². The normalized spacial score (nSPS) is 14.5. The Morgan fingerprint density at radius 1 is 1.40 bits per heavy atom. The molecule has 0 spiro atoms. The lowest BCUT2D eigenvalue weighted by Crippen LogP contribution is -2.60. The topological polar surface area (TPSA) is 64.4 Å². The van der Waals surface area contributed by atoms with Crippen LogP contribution in [0.4, 0.5) is 13.2 Å². The van der Waals surface area contributed by atoms with E-state index in [1.165, 1.54) is 19.2 Å². The van der Waals surface area contributed by atoms with E-state index in [1.54, 1.807) is 6.92 Å². The first-order chi connectivity index (χ1) is 9.27. The third-order valence-corrected chi connectivity index (χ3v) is 2.87. The molecule has 0 saturated carbocycles. The Morgan fingerprint density at radius 3 is 2.55 bits per heavy atom. The van der Waals surface area contributed by atoms with Crippen molar-refractivity contribution in [3.8, 4) is 5.75 Å².